The van der Waals surface area contributed by atoms with Crippen molar-refractivity contribution in [3.05, 3.63) is 70.6 Å². The number of carbonyl (C=O) groups is 1. The SMILES string of the molecule is C[C@H]1Oc2ccccc2C=C1/C=C1\SC(=S)N(c2cccc(O)c2)C1=O. The molecule has 2 heterocycles. The fourth-order valence-corrected chi connectivity index (χ4v) is 4.19. The molecule has 0 unspecified atom stereocenters. The first-order valence-corrected chi connectivity index (χ1v) is 9.29. The average Bonchev–Trinajstić information content (AvgIpc) is 2.89. The van der Waals surface area contributed by atoms with Crippen molar-refractivity contribution in [2.75, 3.05) is 4.90 Å². The molecule has 1 atom stereocenters. The summed E-state index contributed by atoms with van der Waals surface area (Å²) >= 11 is 6.63. The molecular weight excluding hydrogens is 366 g/mol. The molecule has 0 radical (unpaired) electrons. The molecule has 0 saturated carbocycles. The maximum absolute atomic E-state index is 12.9. The third kappa shape index (κ3) is 3.02. The summed E-state index contributed by atoms with van der Waals surface area (Å²) in [6.45, 7) is 1.95. The Labute approximate surface area is 160 Å². The van der Waals surface area contributed by atoms with E-state index in [-0.39, 0.29) is 17.8 Å². The highest BCUT2D eigenvalue weighted by Crippen LogP contribution is 2.38. The lowest BCUT2D eigenvalue weighted by Crippen LogP contribution is -2.27. The van der Waals surface area contributed by atoms with E-state index in [0.29, 0.717) is 14.9 Å². The quantitative estimate of drug-likeness (QED) is 0.613. The number of nitrogens with zero attached hydrogens (tertiary/aromatic N) is 1. The van der Waals surface area contributed by atoms with Gasteiger partial charge in [-0.15, -0.1) is 0 Å². The second-order valence-electron chi connectivity index (χ2n) is 5.98. The Bertz CT molecular complexity index is 981. The second kappa shape index (κ2) is 6.63. The van der Waals surface area contributed by atoms with Gasteiger partial charge in [-0.1, -0.05) is 48.2 Å². The molecule has 4 nitrogen and oxygen atoms in total. The topological polar surface area (TPSA) is 49.8 Å². The summed E-state index contributed by atoms with van der Waals surface area (Å²) < 4.78 is 6.37. The Balaban J connectivity index is 1.68. The number of anilines is 1. The monoisotopic (exact) mass is 381 g/mol. The van der Waals surface area contributed by atoms with Crippen LogP contribution in [-0.4, -0.2) is 21.4 Å². The van der Waals surface area contributed by atoms with Crippen molar-refractivity contribution < 1.29 is 14.6 Å². The van der Waals surface area contributed by atoms with Gasteiger partial charge in [0.05, 0.1) is 10.6 Å². The van der Waals surface area contributed by atoms with Crippen molar-refractivity contribution in [2.45, 2.75) is 13.0 Å². The zero-order chi connectivity index (χ0) is 18.3. The molecule has 1 N–H and O–H groups in total. The molecule has 2 aliphatic rings. The molecule has 0 aliphatic carbocycles. The Hall–Kier alpha value is -2.57. The molecule has 1 saturated heterocycles. The third-order valence-electron chi connectivity index (χ3n) is 4.19. The minimum atomic E-state index is -0.197. The van der Waals surface area contributed by atoms with Crippen LogP contribution in [-0.2, 0) is 4.79 Å². The van der Waals surface area contributed by atoms with Crippen LogP contribution in [0.25, 0.3) is 6.08 Å². The van der Waals surface area contributed by atoms with E-state index < -0.39 is 0 Å². The van der Waals surface area contributed by atoms with E-state index in [9.17, 15) is 9.90 Å². The summed E-state index contributed by atoms with van der Waals surface area (Å²) in [6.07, 6.45) is 3.71. The number of fused-ring (bicyclic) bond motifs is 1. The first kappa shape index (κ1) is 16.9. The fraction of sp³-hybridized carbons (Fsp3) is 0.100. The van der Waals surface area contributed by atoms with E-state index in [1.165, 1.54) is 22.7 Å². The summed E-state index contributed by atoms with van der Waals surface area (Å²) in [7, 11) is 0. The van der Waals surface area contributed by atoms with Gasteiger partial charge in [0.2, 0.25) is 0 Å². The van der Waals surface area contributed by atoms with Gasteiger partial charge in [-0.05, 0) is 42.8 Å². The normalized spacial score (nSPS) is 20.8. The standard InChI is InChI=1S/C20H15NO3S2/c1-12-14(9-13-5-2-3-8-17(13)24-12)10-18-19(23)21(20(25)26-18)15-6-4-7-16(22)11-15/h2-12,22H,1H3/b18-10-/t12-/m1/s1. The van der Waals surface area contributed by atoms with Gasteiger partial charge in [-0.3, -0.25) is 9.69 Å². The molecule has 1 fully saturated rings. The molecule has 2 aliphatic heterocycles. The van der Waals surface area contributed by atoms with Crippen LogP contribution in [0.2, 0.25) is 0 Å². The van der Waals surface area contributed by atoms with Crippen molar-refractivity contribution in [1.29, 1.82) is 0 Å². The summed E-state index contributed by atoms with van der Waals surface area (Å²) in [5.41, 5.74) is 2.46. The van der Waals surface area contributed by atoms with Gasteiger partial charge in [-0.2, -0.15) is 0 Å². The van der Waals surface area contributed by atoms with E-state index >= 15 is 0 Å². The highest BCUT2D eigenvalue weighted by molar-refractivity contribution is 8.27. The predicted molar refractivity (Wildman–Crippen MR) is 108 cm³/mol. The molecule has 1 amide bonds. The number of phenols is 1. The number of aromatic hydroxyl groups is 1. The van der Waals surface area contributed by atoms with Gasteiger partial charge in [-0.25, -0.2) is 0 Å². The zero-order valence-electron chi connectivity index (χ0n) is 13.9. The molecule has 2 aromatic carbocycles. The lowest BCUT2D eigenvalue weighted by molar-refractivity contribution is -0.113. The number of thiocarbonyl (C=S) groups is 1. The molecule has 4 rings (SSSR count). The second-order valence-corrected chi connectivity index (χ2v) is 7.65. The number of amides is 1. The first-order valence-electron chi connectivity index (χ1n) is 8.07. The highest BCUT2D eigenvalue weighted by Gasteiger charge is 2.34. The molecule has 0 spiro atoms. The molecule has 0 bridgehead atoms. The third-order valence-corrected chi connectivity index (χ3v) is 5.50. The molecule has 2 aromatic rings. The van der Waals surface area contributed by atoms with Gasteiger partial charge in [0.1, 0.15) is 17.6 Å². The number of phenolic OH excluding ortho intramolecular Hbond substituents is 1. The predicted octanol–water partition coefficient (Wildman–Crippen LogP) is 4.51. The van der Waals surface area contributed by atoms with Gasteiger partial charge in [0.15, 0.2) is 4.32 Å². The van der Waals surface area contributed by atoms with Gasteiger partial charge >= 0.3 is 0 Å². The smallest absolute Gasteiger partial charge is 0.270 e. The van der Waals surface area contributed by atoms with Crippen molar-refractivity contribution >= 4 is 46.0 Å². The van der Waals surface area contributed by atoms with Crippen LogP contribution in [0.5, 0.6) is 11.5 Å². The minimum absolute atomic E-state index is 0.0918. The Morgan fingerprint density at radius 3 is 2.85 bits per heavy atom. The van der Waals surface area contributed by atoms with Crippen molar-refractivity contribution in [3.8, 4) is 11.5 Å². The molecular formula is C20H15NO3S2. The summed E-state index contributed by atoms with van der Waals surface area (Å²) in [5, 5.41) is 9.67. The van der Waals surface area contributed by atoms with Crippen LogP contribution in [0.1, 0.15) is 12.5 Å². The lowest BCUT2D eigenvalue weighted by atomic mass is 10.0. The Morgan fingerprint density at radius 1 is 1.23 bits per heavy atom. The van der Waals surface area contributed by atoms with Crippen LogP contribution < -0.4 is 9.64 Å². The number of rotatable bonds is 2. The van der Waals surface area contributed by atoms with Gasteiger partial charge in [0.25, 0.3) is 5.91 Å². The van der Waals surface area contributed by atoms with Gasteiger partial charge in [0, 0.05) is 11.6 Å². The number of benzene rings is 2. The van der Waals surface area contributed by atoms with Crippen molar-refractivity contribution in [2.24, 2.45) is 0 Å². The van der Waals surface area contributed by atoms with Crippen molar-refractivity contribution in [1.82, 2.24) is 0 Å². The van der Waals surface area contributed by atoms with Crippen LogP contribution in [0.4, 0.5) is 5.69 Å². The summed E-state index contributed by atoms with van der Waals surface area (Å²) in [4.78, 5) is 14.8. The average molecular weight is 381 g/mol. The van der Waals surface area contributed by atoms with Crippen molar-refractivity contribution in [3.63, 3.8) is 0 Å². The molecule has 0 aromatic heterocycles. The van der Waals surface area contributed by atoms with E-state index in [0.717, 1.165) is 16.9 Å². The Morgan fingerprint density at radius 2 is 2.04 bits per heavy atom. The molecule has 6 heteroatoms. The van der Waals surface area contributed by atoms with E-state index in [1.54, 1.807) is 18.2 Å². The van der Waals surface area contributed by atoms with Crippen LogP contribution in [0.15, 0.2) is 65.1 Å². The largest absolute Gasteiger partial charge is 0.508 e. The number of ether oxygens (including phenoxy) is 1. The zero-order valence-corrected chi connectivity index (χ0v) is 15.5. The van der Waals surface area contributed by atoms with Crippen LogP contribution in [0.3, 0.4) is 0 Å². The van der Waals surface area contributed by atoms with Crippen LogP contribution >= 0.6 is 24.0 Å². The minimum Gasteiger partial charge on any atom is -0.508 e. The highest BCUT2D eigenvalue weighted by atomic mass is 32.2. The van der Waals surface area contributed by atoms with E-state index in [2.05, 4.69) is 0 Å². The fourth-order valence-electron chi connectivity index (χ4n) is 2.90. The maximum atomic E-state index is 12.9. The summed E-state index contributed by atoms with van der Waals surface area (Å²) in [5.74, 6) is 0.733. The number of para-hydroxylation sites is 1. The van der Waals surface area contributed by atoms with E-state index in [1.807, 2.05) is 43.3 Å². The summed E-state index contributed by atoms with van der Waals surface area (Å²) in [6, 6.07) is 14.3. The first-order chi connectivity index (χ1) is 12.5. The van der Waals surface area contributed by atoms with E-state index in [4.69, 9.17) is 17.0 Å². The molecule has 130 valence electrons. The van der Waals surface area contributed by atoms with Crippen LogP contribution in [0, 0.1) is 0 Å². The van der Waals surface area contributed by atoms with Gasteiger partial charge < -0.3 is 9.84 Å². The number of hydrogen-bond acceptors (Lipinski definition) is 5. The maximum Gasteiger partial charge on any atom is 0.270 e. The number of thioether (sulfide) groups is 1. The number of hydrogen-bond donors (Lipinski definition) is 1. The Kier molecular flexibility index (Phi) is 4.30. The number of carbonyl (C=O) groups excluding carboxylic acids is 1. The lowest BCUT2D eigenvalue weighted by Gasteiger charge is -2.23. The molecule has 26 heavy (non-hydrogen) atoms.